The molecule has 14 heavy (non-hydrogen) atoms. The average molecular weight is 227 g/mol. The first-order chi connectivity index (χ1) is 6.77. The van der Waals surface area contributed by atoms with Crippen LogP contribution in [0.2, 0.25) is 0 Å². The van der Waals surface area contributed by atoms with Gasteiger partial charge in [-0.2, -0.15) is 0 Å². The molecule has 2 heterocycles. The Labute approximate surface area is 92.3 Å². The third-order valence-electron chi connectivity index (χ3n) is 2.15. The second kappa shape index (κ2) is 4.20. The summed E-state index contributed by atoms with van der Waals surface area (Å²) in [7, 11) is 0. The van der Waals surface area contributed by atoms with Gasteiger partial charge >= 0.3 is 0 Å². The third kappa shape index (κ3) is 2.02. The Kier molecular flexibility index (Phi) is 2.94. The summed E-state index contributed by atoms with van der Waals surface area (Å²) < 4.78 is 5.35. The second-order valence-corrected chi connectivity index (χ2v) is 4.78. The summed E-state index contributed by atoms with van der Waals surface area (Å²) >= 11 is 7.99. The third-order valence-corrected chi connectivity index (χ3v) is 3.40. The number of hydrogen-bond donors (Lipinski definition) is 0. The minimum absolute atomic E-state index is 0.0522. The van der Waals surface area contributed by atoms with Crippen molar-refractivity contribution in [3.05, 3.63) is 46.0 Å². The lowest BCUT2D eigenvalue weighted by molar-refractivity contribution is 0.500. The van der Waals surface area contributed by atoms with Crippen LogP contribution in [-0.2, 0) is 6.42 Å². The molecule has 0 saturated carbocycles. The van der Waals surface area contributed by atoms with Crippen molar-refractivity contribution in [2.45, 2.75) is 18.7 Å². The zero-order valence-corrected chi connectivity index (χ0v) is 9.44. The summed E-state index contributed by atoms with van der Waals surface area (Å²) in [4.78, 5) is 1.29. The Balaban J connectivity index is 2.10. The molecule has 0 bridgehead atoms. The van der Waals surface area contributed by atoms with E-state index in [9.17, 15) is 0 Å². The van der Waals surface area contributed by atoms with E-state index in [4.69, 9.17) is 16.0 Å². The molecule has 0 aliphatic carbocycles. The number of alkyl halides is 1. The van der Waals surface area contributed by atoms with Crippen LogP contribution in [0.3, 0.4) is 0 Å². The fourth-order valence-corrected chi connectivity index (χ4v) is 2.64. The standard InChI is InChI=1S/C11H11ClOS/c1-8-4-5-13-11(8)10(12)7-9-3-2-6-14-9/h2-6,10H,7H2,1H3. The van der Waals surface area contributed by atoms with Crippen molar-refractivity contribution in [1.82, 2.24) is 0 Å². The zero-order valence-electron chi connectivity index (χ0n) is 7.87. The molecule has 0 N–H and O–H groups in total. The molecule has 74 valence electrons. The second-order valence-electron chi connectivity index (χ2n) is 3.22. The van der Waals surface area contributed by atoms with E-state index in [0.717, 1.165) is 17.7 Å². The predicted molar refractivity (Wildman–Crippen MR) is 60.1 cm³/mol. The maximum Gasteiger partial charge on any atom is 0.124 e. The molecule has 2 aromatic heterocycles. The van der Waals surface area contributed by atoms with Gasteiger partial charge in [-0.15, -0.1) is 22.9 Å². The summed E-state index contributed by atoms with van der Waals surface area (Å²) in [6.45, 7) is 2.02. The molecule has 0 radical (unpaired) electrons. The zero-order chi connectivity index (χ0) is 9.97. The van der Waals surface area contributed by atoms with Crippen LogP contribution in [0.1, 0.15) is 21.6 Å². The van der Waals surface area contributed by atoms with Crippen molar-refractivity contribution < 1.29 is 4.42 Å². The highest BCUT2D eigenvalue weighted by Crippen LogP contribution is 2.29. The molecule has 2 rings (SSSR count). The molecular weight excluding hydrogens is 216 g/mol. The Morgan fingerprint density at radius 1 is 1.50 bits per heavy atom. The molecule has 3 heteroatoms. The van der Waals surface area contributed by atoms with Gasteiger partial charge in [-0.25, -0.2) is 0 Å². The lowest BCUT2D eigenvalue weighted by Gasteiger charge is -2.05. The van der Waals surface area contributed by atoms with E-state index in [0.29, 0.717) is 0 Å². The van der Waals surface area contributed by atoms with E-state index in [-0.39, 0.29) is 5.38 Å². The largest absolute Gasteiger partial charge is 0.467 e. The van der Waals surface area contributed by atoms with Gasteiger partial charge < -0.3 is 4.42 Å². The SMILES string of the molecule is Cc1ccoc1C(Cl)Cc1cccs1. The van der Waals surface area contributed by atoms with Gasteiger partial charge in [0.1, 0.15) is 5.76 Å². The van der Waals surface area contributed by atoms with E-state index in [1.165, 1.54) is 4.88 Å². The quantitative estimate of drug-likeness (QED) is 0.716. The molecule has 0 spiro atoms. The molecule has 0 aromatic carbocycles. The van der Waals surface area contributed by atoms with Crippen LogP contribution in [0.25, 0.3) is 0 Å². The first kappa shape index (κ1) is 9.81. The first-order valence-corrected chi connectivity index (χ1v) is 5.79. The number of furan rings is 1. The number of thiophene rings is 1. The van der Waals surface area contributed by atoms with Crippen molar-refractivity contribution in [1.29, 1.82) is 0 Å². The molecule has 0 aliphatic rings. The lowest BCUT2D eigenvalue weighted by atomic mass is 10.1. The van der Waals surface area contributed by atoms with E-state index < -0.39 is 0 Å². The fourth-order valence-electron chi connectivity index (χ4n) is 1.40. The maximum atomic E-state index is 6.26. The Morgan fingerprint density at radius 2 is 2.36 bits per heavy atom. The van der Waals surface area contributed by atoms with Gasteiger partial charge in [-0.05, 0) is 30.0 Å². The van der Waals surface area contributed by atoms with Crippen LogP contribution in [0, 0.1) is 6.92 Å². The van der Waals surface area contributed by atoms with E-state index >= 15 is 0 Å². The molecule has 0 aliphatic heterocycles. The van der Waals surface area contributed by atoms with Gasteiger partial charge in [0.15, 0.2) is 0 Å². The fraction of sp³-hybridized carbons (Fsp3) is 0.273. The normalized spacial score (nSPS) is 13.0. The highest BCUT2D eigenvalue weighted by atomic mass is 35.5. The minimum Gasteiger partial charge on any atom is -0.467 e. The van der Waals surface area contributed by atoms with E-state index in [1.54, 1.807) is 17.6 Å². The van der Waals surface area contributed by atoms with Crippen LogP contribution in [-0.4, -0.2) is 0 Å². The van der Waals surface area contributed by atoms with Gasteiger partial charge in [0.2, 0.25) is 0 Å². The topological polar surface area (TPSA) is 13.1 Å². The first-order valence-electron chi connectivity index (χ1n) is 4.48. The van der Waals surface area contributed by atoms with E-state index in [1.807, 2.05) is 19.1 Å². The Hall–Kier alpha value is -0.730. The number of hydrogen-bond acceptors (Lipinski definition) is 2. The summed E-state index contributed by atoms with van der Waals surface area (Å²) in [5, 5.41) is 2.01. The van der Waals surface area contributed by atoms with Gasteiger partial charge in [0.25, 0.3) is 0 Å². The molecule has 1 nitrogen and oxygen atoms in total. The van der Waals surface area contributed by atoms with Crippen molar-refractivity contribution in [3.8, 4) is 0 Å². The highest BCUT2D eigenvalue weighted by Gasteiger charge is 2.14. The summed E-state index contributed by atoms with van der Waals surface area (Å²) in [5.74, 6) is 0.889. The van der Waals surface area contributed by atoms with Crippen LogP contribution in [0.4, 0.5) is 0 Å². The van der Waals surface area contributed by atoms with Gasteiger partial charge in [-0.1, -0.05) is 6.07 Å². The van der Waals surface area contributed by atoms with Crippen LogP contribution in [0.5, 0.6) is 0 Å². The van der Waals surface area contributed by atoms with Crippen LogP contribution >= 0.6 is 22.9 Å². The minimum atomic E-state index is -0.0522. The van der Waals surface area contributed by atoms with Crippen molar-refractivity contribution in [2.75, 3.05) is 0 Å². The molecule has 0 fully saturated rings. The van der Waals surface area contributed by atoms with E-state index in [2.05, 4.69) is 11.4 Å². The van der Waals surface area contributed by atoms with Crippen LogP contribution in [0.15, 0.2) is 34.3 Å². The van der Waals surface area contributed by atoms with Crippen LogP contribution < -0.4 is 0 Å². The average Bonchev–Trinajstić information content (AvgIpc) is 2.75. The predicted octanol–water partition coefficient (Wildman–Crippen LogP) is 4.17. The van der Waals surface area contributed by atoms with Gasteiger partial charge in [0.05, 0.1) is 11.6 Å². The number of halogens is 1. The maximum absolute atomic E-state index is 6.26. The van der Waals surface area contributed by atoms with Crippen molar-refractivity contribution >= 4 is 22.9 Å². The molecule has 0 saturated heterocycles. The van der Waals surface area contributed by atoms with Gasteiger partial charge in [0, 0.05) is 11.3 Å². The Morgan fingerprint density at radius 3 is 2.93 bits per heavy atom. The highest BCUT2D eigenvalue weighted by molar-refractivity contribution is 7.09. The molecule has 0 amide bonds. The summed E-state index contributed by atoms with van der Waals surface area (Å²) in [6, 6.07) is 6.08. The monoisotopic (exact) mass is 226 g/mol. The molecular formula is C11H11ClOS. The summed E-state index contributed by atoms with van der Waals surface area (Å²) in [6.07, 6.45) is 2.53. The van der Waals surface area contributed by atoms with Crippen molar-refractivity contribution in [2.24, 2.45) is 0 Å². The smallest absolute Gasteiger partial charge is 0.124 e. The van der Waals surface area contributed by atoms with Gasteiger partial charge in [-0.3, -0.25) is 0 Å². The molecule has 1 atom stereocenters. The molecule has 1 unspecified atom stereocenters. The van der Waals surface area contributed by atoms with Crippen molar-refractivity contribution in [3.63, 3.8) is 0 Å². The number of rotatable bonds is 3. The molecule has 2 aromatic rings. The summed E-state index contributed by atoms with van der Waals surface area (Å²) in [5.41, 5.74) is 1.13. The lowest BCUT2D eigenvalue weighted by Crippen LogP contribution is -1.93. The Bertz CT molecular complexity index is 391. The number of aryl methyl sites for hydroxylation is 1.